The van der Waals surface area contributed by atoms with E-state index in [4.69, 9.17) is 10.5 Å². The number of hydrogen-bond acceptors (Lipinski definition) is 5. The maximum Gasteiger partial charge on any atom is 0.169 e. The van der Waals surface area contributed by atoms with Gasteiger partial charge in [0.15, 0.2) is 11.6 Å². The highest BCUT2D eigenvalue weighted by atomic mass is 16.5. The summed E-state index contributed by atoms with van der Waals surface area (Å²) in [5, 5.41) is 7.91. The Kier molecular flexibility index (Phi) is 4.02. The Morgan fingerprint density at radius 2 is 2.20 bits per heavy atom. The van der Waals surface area contributed by atoms with E-state index in [1.165, 1.54) is 6.92 Å². The molecule has 0 saturated carbocycles. The molecule has 0 bridgehead atoms. The number of ether oxygens (including phenoxy) is 1. The summed E-state index contributed by atoms with van der Waals surface area (Å²) < 4.78 is 7.06. The molecular formula is C14H18N4O2. The SMILES string of the molecule is CCc1c(N)nnn1Cc1cc(C(C)=O)ccc1OC. The highest BCUT2D eigenvalue weighted by Gasteiger charge is 2.12. The van der Waals surface area contributed by atoms with E-state index < -0.39 is 0 Å². The Morgan fingerprint density at radius 3 is 2.80 bits per heavy atom. The number of rotatable bonds is 5. The summed E-state index contributed by atoms with van der Waals surface area (Å²) in [5.74, 6) is 1.17. The van der Waals surface area contributed by atoms with Gasteiger partial charge in [0.1, 0.15) is 5.75 Å². The molecule has 0 amide bonds. The molecule has 2 N–H and O–H groups in total. The van der Waals surface area contributed by atoms with Crippen molar-refractivity contribution in [3.63, 3.8) is 0 Å². The number of carbonyl (C=O) groups is 1. The molecule has 0 atom stereocenters. The molecule has 1 aromatic carbocycles. The van der Waals surface area contributed by atoms with Crippen LogP contribution in [0, 0.1) is 0 Å². The number of hydrogen-bond donors (Lipinski definition) is 1. The summed E-state index contributed by atoms with van der Waals surface area (Å²) in [6, 6.07) is 5.36. The molecule has 0 fully saturated rings. The topological polar surface area (TPSA) is 83.0 Å². The fourth-order valence-corrected chi connectivity index (χ4v) is 2.12. The molecule has 2 rings (SSSR count). The van der Waals surface area contributed by atoms with E-state index in [1.807, 2.05) is 13.0 Å². The summed E-state index contributed by atoms with van der Waals surface area (Å²) in [6.45, 7) is 4.00. The predicted molar refractivity (Wildman–Crippen MR) is 75.9 cm³/mol. The van der Waals surface area contributed by atoms with Crippen LogP contribution in [0.2, 0.25) is 0 Å². The van der Waals surface area contributed by atoms with Crippen molar-refractivity contribution < 1.29 is 9.53 Å². The van der Waals surface area contributed by atoms with Gasteiger partial charge in [-0.2, -0.15) is 0 Å². The van der Waals surface area contributed by atoms with Gasteiger partial charge >= 0.3 is 0 Å². The lowest BCUT2D eigenvalue weighted by Crippen LogP contribution is -2.09. The molecule has 0 unspecified atom stereocenters. The van der Waals surface area contributed by atoms with Gasteiger partial charge in [0.25, 0.3) is 0 Å². The molecule has 0 aliphatic rings. The Hall–Kier alpha value is -2.37. The van der Waals surface area contributed by atoms with Crippen molar-refractivity contribution in [3.8, 4) is 5.75 Å². The third kappa shape index (κ3) is 2.64. The summed E-state index contributed by atoms with van der Waals surface area (Å²) >= 11 is 0. The van der Waals surface area contributed by atoms with Crippen molar-refractivity contribution in [1.82, 2.24) is 15.0 Å². The van der Waals surface area contributed by atoms with Crippen molar-refractivity contribution in [1.29, 1.82) is 0 Å². The van der Waals surface area contributed by atoms with Crippen molar-refractivity contribution in [2.75, 3.05) is 12.8 Å². The van der Waals surface area contributed by atoms with E-state index in [0.29, 0.717) is 23.7 Å². The van der Waals surface area contributed by atoms with Gasteiger partial charge in [-0.3, -0.25) is 4.79 Å². The summed E-state index contributed by atoms with van der Waals surface area (Å²) in [6.07, 6.45) is 0.744. The molecule has 0 radical (unpaired) electrons. The van der Waals surface area contributed by atoms with Gasteiger partial charge < -0.3 is 10.5 Å². The quantitative estimate of drug-likeness (QED) is 0.839. The fourth-order valence-electron chi connectivity index (χ4n) is 2.12. The molecule has 1 heterocycles. The molecule has 1 aromatic heterocycles. The van der Waals surface area contributed by atoms with Gasteiger partial charge in [0.05, 0.1) is 19.3 Å². The predicted octanol–water partition coefficient (Wildman–Crippen LogP) is 1.68. The number of carbonyl (C=O) groups excluding carboxylic acids is 1. The second-order valence-corrected chi connectivity index (χ2v) is 4.52. The largest absolute Gasteiger partial charge is 0.496 e. The first kappa shape index (κ1) is 14.0. The lowest BCUT2D eigenvalue weighted by Gasteiger charge is -2.11. The zero-order valence-corrected chi connectivity index (χ0v) is 11.9. The highest BCUT2D eigenvalue weighted by Crippen LogP contribution is 2.22. The summed E-state index contributed by atoms with van der Waals surface area (Å²) in [4.78, 5) is 11.5. The van der Waals surface area contributed by atoms with Crippen molar-refractivity contribution in [2.24, 2.45) is 0 Å². The van der Waals surface area contributed by atoms with Gasteiger partial charge in [0, 0.05) is 11.1 Å². The first-order chi connectivity index (χ1) is 9.56. The molecule has 0 aliphatic carbocycles. The molecule has 0 aliphatic heterocycles. The first-order valence-electron chi connectivity index (χ1n) is 6.42. The minimum atomic E-state index is 0.0164. The number of methoxy groups -OCH3 is 1. The number of anilines is 1. The maximum absolute atomic E-state index is 11.5. The number of nitrogen functional groups attached to an aromatic ring is 1. The molecule has 6 heteroatoms. The summed E-state index contributed by atoms with van der Waals surface area (Å²) in [7, 11) is 1.60. The molecule has 2 aromatic rings. The Labute approximate surface area is 117 Å². The number of nitrogens with zero attached hydrogens (tertiary/aromatic N) is 3. The molecule has 0 saturated heterocycles. The van der Waals surface area contributed by atoms with Crippen LogP contribution in [0.15, 0.2) is 18.2 Å². The number of nitrogens with two attached hydrogens (primary N) is 1. The van der Waals surface area contributed by atoms with Crippen LogP contribution in [-0.4, -0.2) is 27.9 Å². The van der Waals surface area contributed by atoms with Crippen molar-refractivity contribution >= 4 is 11.6 Å². The zero-order valence-electron chi connectivity index (χ0n) is 11.9. The maximum atomic E-state index is 11.5. The number of Topliss-reactive ketones (excluding diaryl/α,β-unsaturated/α-hetero) is 1. The van der Waals surface area contributed by atoms with Crippen LogP contribution in [0.25, 0.3) is 0 Å². The van der Waals surface area contributed by atoms with E-state index in [-0.39, 0.29) is 5.78 Å². The van der Waals surface area contributed by atoms with Crippen LogP contribution in [0.3, 0.4) is 0 Å². The van der Waals surface area contributed by atoms with Crippen LogP contribution in [0.4, 0.5) is 5.82 Å². The number of aromatic nitrogens is 3. The van der Waals surface area contributed by atoms with Gasteiger partial charge in [-0.15, -0.1) is 5.10 Å². The van der Waals surface area contributed by atoms with E-state index in [9.17, 15) is 4.79 Å². The van der Waals surface area contributed by atoms with Gasteiger partial charge in [-0.1, -0.05) is 12.1 Å². The van der Waals surface area contributed by atoms with Gasteiger partial charge in [-0.25, -0.2) is 4.68 Å². The molecule has 6 nitrogen and oxygen atoms in total. The zero-order chi connectivity index (χ0) is 14.7. The number of ketones is 1. The first-order valence-corrected chi connectivity index (χ1v) is 6.42. The minimum absolute atomic E-state index is 0.0164. The second kappa shape index (κ2) is 5.73. The standard InChI is InChI=1S/C14H18N4O2/c1-4-12-14(15)16-17-18(12)8-11-7-10(9(2)19)5-6-13(11)20-3/h5-7H,4,8,15H2,1-3H3. The summed E-state index contributed by atoms with van der Waals surface area (Å²) in [5.41, 5.74) is 8.17. The normalized spacial score (nSPS) is 10.6. The van der Waals surface area contributed by atoms with E-state index in [1.54, 1.807) is 23.9 Å². The lowest BCUT2D eigenvalue weighted by atomic mass is 10.1. The Balaban J connectivity index is 2.40. The fraction of sp³-hybridized carbons (Fsp3) is 0.357. The van der Waals surface area contributed by atoms with Gasteiger partial charge in [0.2, 0.25) is 0 Å². The van der Waals surface area contributed by atoms with E-state index >= 15 is 0 Å². The average Bonchev–Trinajstić information content (AvgIpc) is 2.78. The molecule has 0 spiro atoms. The van der Waals surface area contributed by atoms with Gasteiger partial charge in [-0.05, 0) is 31.5 Å². The van der Waals surface area contributed by atoms with Crippen LogP contribution in [0.1, 0.15) is 35.5 Å². The Bertz CT molecular complexity index is 634. The monoisotopic (exact) mass is 274 g/mol. The molecular weight excluding hydrogens is 256 g/mol. The third-order valence-electron chi connectivity index (χ3n) is 3.21. The minimum Gasteiger partial charge on any atom is -0.496 e. The Morgan fingerprint density at radius 1 is 1.45 bits per heavy atom. The molecule has 106 valence electrons. The van der Waals surface area contributed by atoms with E-state index in [0.717, 1.165) is 17.7 Å². The van der Waals surface area contributed by atoms with E-state index in [2.05, 4.69) is 10.3 Å². The smallest absolute Gasteiger partial charge is 0.169 e. The lowest BCUT2D eigenvalue weighted by molar-refractivity contribution is 0.101. The average molecular weight is 274 g/mol. The van der Waals surface area contributed by atoms with Crippen molar-refractivity contribution in [3.05, 3.63) is 35.0 Å². The van der Waals surface area contributed by atoms with Crippen LogP contribution in [-0.2, 0) is 13.0 Å². The van der Waals surface area contributed by atoms with Crippen LogP contribution < -0.4 is 10.5 Å². The second-order valence-electron chi connectivity index (χ2n) is 4.52. The van der Waals surface area contributed by atoms with Crippen molar-refractivity contribution in [2.45, 2.75) is 26.8 Å². The van der Waals surface area contributed by atoms with Crippen LogP contribution in [0.5, 0.6) is 5.75 Å². The molecule has 20 heavy (non-hydrogen) atoms. The van der Waals surface area contributed by atoms with Crippen LogP contribution >= 0.6 is 0 Å². The number of benzene rings is 1. The third-order valence-corrected chi connectivity index (χ3v) is 3.21. The highest BCUT2D eigenvalue weighted by molar-refractivity contribution is 5.94.